The molecule has 0 aliphatic carbocycles. The standard InChI is InChI=1S/C7H14BrNO2/c1-2-6(5-7(10)11)9-4-3-8/h6,9H,2-5H2,1H3,(H,10,11). The number of rotatable bonds is 6. The number of carbonyl (C=O) groups is 1. The molecule has 66 valence electrons. The lowest BCUT2D eigenvalue weighted by atomic mass is 10.1. The number of aliphatic carboxylic acids is 1. The maximum absolute atomic E-state index is 10.3. The third-order valence-corrected chi connectivity index (χ3v) is 1.84. The molecular formula is C7H14BrNO2. The third-order valence-electron chi connectivity index (χ3n) is 1.44. The molecule has 1 unspecified atom stereocenters. The molecule has 0 aromatic carbocycles. The van der Waals surface area contributed by atoms with Crippen molar-refractivity contribution in [2.45, 2.75) is 25.8 Å². The van der Waals surface area contributed by atoms with Gasteiger partial charge in [0.25, 0.3) is 0 Å². The van der Waals surface area contributed by atoms with Crippen molar-refractivity contribution in [1.82, 2.24) is 5.32 Å². The molecule has 0 saturated heterocycles. The van der Waals surface area contributed by atoms with E-state index in [0.29, 0.717) is 0 Å². The summed E-state index contributed by atoms with van der Waals surface area (Å²) in [7, 11) is 0. The number of hydrogen-bond acceptors (Lipinski definition) is 2. The number of alkyl halides is 1. The van der Waals surface area contributed by atoms with Crippen LogP contribution < -0.4 is 5.32 Å². The van der Waals surface area contributed by atoms with Gasteiger partial charge in [0, 0.05) is 17.9 Å². The van der Waals surface area contributed by atoms with E-state index in [4.69, 9.17) is 5.11 Å². The molecule has 0 fully saturated rings. The minimum Gasteiger partial charge on any atom is -0.481 e. The van der Waals surface area contributed by atoms with Crippen LogP contribution in [0.5, 0.6) is 0 Å². The molecule has 0 aromatic rings. The van der Waals surface area contributed by atoms with Gasteiger partial charge in [0.05, 0.1) is 6.42 Å². The van der Waals surface area contributed by atoms with E-state index in [-0.39, 0.29) is 12.5 Å². The van der Waals surface area contributed by atoms with Crippen LogP contribution in [0.4, 0.5) is 0 Å². The van der Waals surface area contributed by atoms with Gasteiger partial charge in [-0.2, -0.15) is 0 Å². The molecule has 0 rings (SSSR count). The lowest BCUT2D eigenvalue weighted by Gasteiger charge is -2.12. The van der Waals surface area contributed by atoms with Crippen molar-refractivity contribution < 1.29 is 9.90 Å². The molecule has 0 aliphatic rings. The summed E-state index contributed by atoms with van der Waals surface area (Å²) >= 11 is 3.26. The summed E-state index contributed by atoms with van der Waals surface area (Å²) in [6, 6.07) is 0.116. The van der Waals surface area contributed by atoms with Crippen molar-refractivity contribution in [1.29, 1.82) is 0 Å². The SMILES string of the molecule is CCC(CC(=O)O)NCCBr. The highest BCUT2D eigenvalue weighted by Crippen LogP contribution is 1.96. The van der Waals surface area contributed by atoms with Crippen LogP contribution in [0.2, 0.25) is 0 Å². The van der Waals surface area contributed by atoms with Crippen LogP contribution in [0.15, 0.2) is 0 Å². The smallest absolute Gasteiger partial charge is 0.304 e. The first kappa shape index (κ1) is 10.9. The fourth-order valence-corrected chi connectivity index (χ4v) is 1.06. The van der Waals surface area contributed by atoms with E-state index in [2.05, 4.69) is 21.2 Å². The highest BCUT2D eigenvalue weighted by molar-refractivity contribution is 9.09. The van der Waals surface area contributed by atoms with Gasteiger partial charge in [-0.05, 0) is 6.42 Å². The lowest BCUT2D eigenvalue weighted by molar-refractivity contribution is -0.137. The number of carboxylic acid groups (broad SMARTS) is 1. The van der Waals surface area contributed by atoms with Gasteiger partial charge in [-0.25, -0.2) is 0 Å². The van der Waals surface area contributed by atoms with Gasteiger partial charge in [0.1, 0.15) is 0 Å². The summed E-state index contributed by atoms with van der Waals surface area (Å²) in [5.41, 5.74) is 0. The largest absolute Gasteiger partial charge is 0.481 e. The summed E-state index contributed by atoms with van der Waals surface area (Å²) in [5.74, 6) is -0.737. The molecule has 0 bridgehead atoms. The fraction of sp³-hybridized carbons (Fsp3) is 0.857. The topological polar surface area (TPSA) is 49.3 Å². The second-order valence-corrected chi connectivity index (χ2v) is 3.14. The van der Waals surface area contributed by atoms with Crippen LogP contribution in [-0.4, -0.2) is 29.0 Å². The molecule has 1 atom stereocenters. The molecule has 0 spiro atoms. The zero-order chi connectivity index (χ0) is 8.69. The molecule has 11 heavy (non-hydrogen) atoms. The van der Waals surface area contributed by atoms with Crippen molar-refractivity contribution in [3.05, 3.63) is 0 Å². The van der Waals surface area contributed by atoms with Crippen molar-refractivity contribution >= 4 is 21.9 Å². The van der Waals surface area contributed by atoms with Crippen LogP contribution in [-0.2, 0) is 4.79 Å². The van der Waals surface area contributed by atoms with E-state index in [1.807, 2.05) is 6.92 Å². The Balaban J connectivity index is 3.49. The Morgan fingerprint density at radius 2 is 2.36 bits per heavy atom. The summed E-state index contributed by atoms with van der Waals surface area (Å²) in [4.78, 5) is 10.3. The zero-order valence-corrected chi connectivity index (χ0v) is 8.23. The van der Waals surface area contributed by atoms with E-state index in [1.54, 1.807) is 0 Å². The molecule has 2 N–H and O–H groups in total. The van der Waals surface area contributed by atoms with E-state index < -0.39 is 5.97 Å². The Kier molecular flexibility index (Phi) is 6.56. The van der Waals surface area contributed by atoms with Gasteiger partial charge < -0.3 is 10.4 Å². The van der Waals surface area contributed by atoms with E-state index in [9.17, 15) is 4.79 Å². The van der Waals surface area contributed by atoms with Gasteiger partial charge >= 0.3 is 5.97 Å². The van der Waals surface area contributed by atoms with Crippen LogP contribution in [0.3, 0.4) is 0 Å². The molecule has 0 saturated carbocycles. The maximum atomic E-state index is 10.3. The van der Waals surface area contributed by atoms with Crippen LogP contribution in [0.1, 0.15) is 19.8 Å². The average Bonchev–Trinajstić information content (AvgIpc) is 1.97. The van der Waals surface area contributed by atoms with Gasteiger partial charge in [-0.1, -0.05) is 22.9 Å². The minimum atomic E-state index is -0.737. The Labute approximate surface area is 75.3 Å². The van der Waals surface area contributed by atoms with E-state index >= 15 is 0 Å². The summed E-state index contributed by atoms with van der Waals surface area (Å²) < 4.78 is 0. The first-order chi connectivity index (χ1) is 5.20. The van der Waals surface area contributed by atoms with Gasteiger partial charge in [-0.3, -0.25) is 4.79 Å². The molecule has 0 aromatic heterocycles. The van der Waals surface area contributed by atoms with Gasteiger partial charge in [0.15, 0.2) is 0 Å². The maximum Gasteiger partial charge on any atom is 0.304 e. The van der Waals surface area contributed by atoms with Gasteiger partial charge in [0.2, 0.25) is 0 Å². The Bertz CT molecular complexity index is 119. The quantitative estimate of drug-likeness (QED) is 0.667. The van der Waals surface area contributed by atoms with Crippen molar-refractivity contribution in [2.24, 2.45) is 0 Å². The van der Waals surface area contributed by atoms with E-state index in [1.165, 1.54) is 0 Å². The van der Waals surface area contributed by atoms with E-state index in [0.717, 1.165) is 18.3 Å². The molecule has 0 radical (unpaired) electrons. The molecule has 0 aliphatic heterocycles. The number of halogens is 1. The highest BCUT2D eigenvalue weighted by Gasteiger charge is 2.08. The zero-order valence-electron chi connectivity index (χ0n) is 6.64. The van der Waals surface area contributed by atoms with Gasteiger partial charge in [-0.15, -0.1) is 0 Å². The molecule has 3 nitrogen and oxygen atoms in total. The second kappa shape index (κ2) is 6.61. The first-order valence-electron chi connectivity index (χ1n) is 3.71. The van der Waals surface area contributed by atoms with Crippen LogP contribution in [0, 0.1) is 0 Å². The number of hydrogen-bond donors (Lipinski definition) is 2. The lowest BCUT2D eigenvalue weighted by Crippen LogP contribution is -2.32. The summed E-state index contributed by atoms with van der Waals surface area (Å²) in [6.45, 7) is 2.81. The van der Waals surface area contributed by atoms with Crippen LogP contribution in [0.25, 0.3) is 0 Å². The van der Waals surface area contributed by atoms with Crippen LogP contribution >= 0.6 is 15.9 Å². The molecule has 4 heteroatoms. The summed E-state index contributed by atoms with van der Waals surface area (Å²) in [6.07, 6.45) is 1.07. The van der Waals surface area contributed by atoms with Crippen molar-refractivity contribution in [2.75, 3.05) is 11.9 Å². The molecular weight excluding hydrogens is 210 g/mol. The fourth-order valence-electron chi connectivity index (χ4n) is 0.830. The minimum absolute atomic E-state index is 0.116. The molecule has 0 heterocycles. The Morgan fingerprint density at radius 3 is 2.73 bits per heavy atom. The predicted octanol–water partition coefficient (Wildman–Crippen LogP) is 1.22. The first-order valence-corrected chi connectivity index (χ1v) is 4.84. The normalized spacial score (nSPS) is 12.9. The highest BCUT2D eigenvalue weighted by atomic mass is 79.9. The number of carboxylic acids is 1. The second-order valence-electron chi connectivity index (χ2n) is 2.35. The molecule has 0 amide bonds. The predicted molar refractivity (Wildman–Crippen MR) is 48.1 cm³/mol. The third kappa shape index (κ3) is 6.31. The summed E-state index contributed by atoms with van der Waals surface area (Å²) in [5, 5.41) is 12.4. The Morgan fingerprint density at radius 1 is 1.73 bits per heavy atom. The number of nitrogens with one attached hydrogen (secondary N) is 1. The van der Waals surface area contributed by atoms with Crippen molar-refractivity contribution in [3.63, 3.8) is 0 Å². The Hall–Kier alpha value is -0.0900. The monoisotopic (exact) mass is 223 g/mol. The average molecular weight is 224 g/mol. The van der Waals surface area contributed by atoms with Crippen molar-refractivity contribution in [3.8, 4) is 0 Å².